The number of hydrogen-bond donors (Lipinski definition) is 2. The summed E-state index contributed by atoms with van der Waals surface area (Å²) < 4.78 is 18.9. The Morgan fingerprint density at radius 2 is 1.80 bits per heavy atom. The predicted octanol–water partition coefficient (Wildman–Crippen LogP) is 2.92. The van der Waals surface area contributed by atoms with Crippen molar-refractivity contribution in [2.45, 2.75) is 26.2 Å². The Balaban J connectivity index is 2.11. The highest BCUT2D eigenvalue weighted by Crippen LogP contribution is 2.25. The Hall–Kier alpha value is -1.91. The Kier molecular flexibility index (Phi) is 4.71. The van der Waals surface area contributed by atoms with Crippen LogP contribution in [-0.2, 0) is 13.2 Å². The number of aliphatic hydroxyl groups is 1. The minimum absolute atomic E-state index is 0.0138. The fraction of sp³-hybridized carbons (Fsp3) is 0.250. The molecule has 106 valence electrons. The molecule has 0 amide bonds. The molecule has 4 heteroatoms. The van der Waals surface area contributed by atoms with E-state index in [9.17, 15) is 4.39 Å². The lowest BCUT2D eigenvalue weighted by molar-refractivity contribution is 0.281. The number of halogens is 1. The van der Waals surface area contributed by atoms with Crippen LogP contribution in [0.15, 0.2) is 42.5 Å². The summed E-state index contributed by atoms with van der Waals surface area (Å²) in [7, 11) is 0. The molecule has 0 heterocycles. The molecule has 0 radical (unpaired) electrons. The molecule has 0 saturated heterocycles. The molecule has 0 aliphatic carbocycles. The second-order valence-corrected chi connectivity index (χ2v) is 4.73. The van der Waals surface area contributed by atoms with Crippen LogP contribution in [0.3, 0.4) is 0 Å². The summed E-state index contributed by atoms with van der Waals surface area (Å²) in [6.07, 6.45) is 0. The SMILES string of the molecule is CC(N)c1ccc(F)cc1OCc1ccc(CO)cc1. The van der Waals surface area contributed by atoms with Crippen LogP contribution in [0.5, 0.6) is 5.75 Å². The van der Waals surface area contributed by atoms with Crippen LogP contribution in [0.2, 0.25) is 0 Å². The van der Waals surface area contributed by atoms with Crippen molar-refractivity contribution in [2.24, 2.45) is 5.73 Å². The minimum Gasteiger partial charge on any atom is -0.488 e. The maximum atomic E-state index is 13.3. The molecular formula is C16H18FNO2. The molecule has 3 nitrogen and oxygen atoms in total. The van der Waals surface area contributed by atoms with Gasteiger partial charge >= 0.3 is 0 Å². The van der Waals surface area contributed by atoms with E-state index in [0.29, 0.717) is 12.4 Å². The first kappa shape index (κ1) is 14.5. The van der Waals surface area contributed by atoms with Gasteiger partial charge in [-0.1, -0.05) is 30.3 Å². The zero-order valence-electron chi connectivity index (χ0n) is 11.3. The second kappa shape index (κ2) is 6.50. The highest BCUT2D eigenvalue weighted by molar-refractivity contribution is 5.36. The molecule has 3 N–H and O–H groups in total. The average molecular weight is 275 g/mol. The molecule has 1 unspecified atom stereocenters. The smallest absolute Gasteiger partial charge is 0.127 e. The first-order chi connectivity index (χ1) is 9.60. The van der Waals surface area contributed by atoms with E-state index < -0.39 is 0 Å². The number of aliphatic hydroxyl groups excluding tert-OH is 1. The van der Waals surface area contributed by atoms with Crippen molar-refractivity contribution in [2.75, 3.05) is 0 Å². The summed E-state index contributed by atoms with van der Waals surface area (Å²) in [5, 5.41) is 8.98. The lowest BCUT2D eigenvalue weighted by Gasteiger charge is -2.14. The van der Waals surface area contributed by atoms with E-state index in [2.05, 4.69) is 0 Å². The normalized spacial score (nSPS) is 12.2. The molecule has 0 aliphatic heterocycles. The number of rotatable bonds is 5. The van der Waals surface area contributed by atoms with Crippen molar-refractivity contribution in [3.8, 4) is 5.75 Å². The maximum Gasteiger partial charge on any atom is 0.127 e. The summed E-state index contributed by atoms with van der Waals surface area (Å²) in [6.45, 7) is 2.17. The molecule has 0 saturated carbocycles. The van der Waals surface area contributed by atoms with Crippen LogP contribution in [0, 0.1) is 5.82 Å². The zero-order valence-corrected chi connectivity index (χ0v) is 11.3. The van der Waals surface area contributed by atoms with E-state index in [1.165, 1.54) is 12.1 Å². The first-order valence-corrected chi connectivity index (χ1v) is 6.46. The molecule has 0 fully saturated rings. The highest BCUT2D eigenvalue weighted by atomic mass is 19.1. The summed E-state index contributed by atoms with van der Waals surface area (Å²) >= 11 is 0. The van der Waals surface area contributed by atoms with Gasteiger partial charge in [0.15, 0.2) is 0 Å². The fourth-order valence-corrected chi connectivity index (χ4v) is 1.91. The second-order valence-electron chi connectivity index (χ2n) is 4.73. The van der Waals surface area contributed by atoms with Gasteiger partial charge in [-0.2, -0.15) is 0 Å². The van der Waals surface area contributed by atoms with E-state index in [4.69, 9.17) is 15.6 Å². The van der Waals surface area contributed by atoms with Crippen molar-refractivity contribution < 1.29 is 14.2 Å². The summed E-state index contributed by atoms with van der Waals surface area (Å²) in [6, 6.07) is 11.6. The zero-order chi connectivity index (χ0) is 14.5. The van der Waals surface area contributed by atoms with Gasteiger partial charge in [-0.15, -0.1) is 0 Å². The Labute approximate surface area is 117 Å². The summed E-state index contributed by atoms with van der Waals surface area (Å²) in [5.74, 6) is 0.117. The average Bonchev–Trinajstić information content (AvgIpc) is 2.45. The van der Waals surface area contributed by atoms with E-state index in [1.807, 2.05) is 31.2 Å². The lowest BCUT2D eigenvalue weighted by Crippen LogP contribution is -2.08. The molecule has 20 heavy (non-hydrogen) atoms. The molecule has 2 rings (SSSR count). The Morgan fingerprint density at radius 1 is 1.15 bits per heavy atom. The topological polar surface area (TPSA) is 55.5 Å². The third-order valence-electron chi connectivity index (χ3n) is 3.07. The van der Waals surface area contributed by atoms with E-state index in [0.717, 1.165) is 16.7 Å². The van der Waals surface area contributed by atoms with Gasteiger partial charge in [-0.25, -0.2) is 4.39 Å². The summed E-state index contributed by atoms with van der Waals surface area (Å²) in [5.41, 5.74) is 8.41. The number of ether oxygens (including phenoxy) is 1. The fourth-order valence-electron chi connectivity index (χ4n) is 1.91. The molecule has 0 spiro atoms. The van der Waals surface area contributed by atoms with Crippen molar-refractivity contribution >= 4 is 0 Å². The maximum absolute atomic E-state index is 13.3. The van der Waals surface area contributed by atoms with Gasteiger partial charge in [-0.05, 0) is 24.1 Å². The van der Waals surface area contributed by atoms with Gasteiger partial charge in [0.1, 0.15) is 18.2 Å². The van der Waals surface area contributed by atoms with Crippen molar-refractivity contribution in [1.29, 1.82) is 0 Å². The molecule has 0 aromatic heterocycles. The van der Waals surface area contributed by atoms with Gasteiger partial charge in [-0.3, -0.25) is 0 Å². The first-order valence-electron chi connectivity index (χ1n) is 6.46. The standard InChI is InChI=1S/C16H18FNO2/c1-11(18)15-7-6-14(17)8-16(15)20-10-13-4-2-12(9-19)3-5-13/h2-8,11,19H,9-10,18H2,1H3. The van der Waals surface area contributed by atoms with Crippen LogP contribution in [0.4, 0.5) is 4.39 Å². The lowest BCUT2D eigenvalue weighted by atomic mass is 10.1. The molecular weight excluding hydrogens is 257 g/mol. The van der Waals surface area contributed by atoms with Gasteiger partial charge in [0.25, 0.3) is 0 Å². The van der Waals surface area contributed by atoms with Gasteiger partial charge < -0.3 is 15.6 Å². The highest BCUT2D eigenvalue weighted by Gasteiger charge is 2.09. The molecule has 1 atom stereocenters. The van der Waals surface area contributed by atoms with Crippen LogP contribution < -0.4 is 10.5 Å². The third kappa shape index (κ3) is 3.56. The van der Waals surface area contributed by atoms with E-state index in [-0.39, 0.29) is 18.5 Å². The van der Waals surface area contributed by atoms with E-state index in [1.54, 1.807) is 6.07 Å². The quantitative estimate of drug-likeness (QED) is 0.882. The van der Waals surface area contributed by atoms with Crippen molar-refractivity contribution in [1.82, 2.24) is 0 Å². The van der Waals surface area contributed by atoms with Crippen molar-refractivity contribution in [3.05, 3.63) is 65.0 Å². The van der Waals surface area contributed by atoms with Crippen molar-refractivity contribution in [3.63, 3.8) is 0 Å². The van der Waals surface area contributed by atoms with Crippen LogP contribution in [0.1, 0.15) is 29.7 Å². The van der Waals surface area contributed by atoms with Gasteiger partial charge in [0.2, 0.25) is 0 Å². The largest absolute Gasteiger partial charge is 0.488 e. The number of hydrogen-bond acceptors (Lipinski definition) is 3. The van der Waals surface area contributed by atoms with Crippen LogP contribution >= 0.6 is 0 Å². The van der Waals surface area contributed by atoms with Gasteiger partial charge in [0.05, 0.1) is 6.61 Å². The Bertz CT molecular complexity index is 567. The van der Waals surface area contributed by atoms with Gasteiger partial charge in [0, 0.05) is 17.7 Å². The Morgan fingerprint density at radius 3 is 2.40 bits per heavy atom. The number of benzene rings is 2. The minimum atomic E-state index is -0.347. The van der Waals surface area contributed by atoms with Crippen LogP contribution in [0.25, 0.3) is 0 Å². The molecule has 0 aliphatic rings. The van der Waals surface area contributed by atoms with Crippen LogP contribution in [-0.4, -0.2) is 5.11 Å². The molecule has 0 bridgehead atoms. The third-order valence-corrected chi connectivity index (χ3v) is 3.07. The monoisotopic (exact) mass is 275 g/mol. The molecule has 2 aromatic carbocycles. The van der Waals surface area contributed by atoms with E-state index >= 15 is 0 Å². The molecule has 2 aromatic rings. The summed E-state index contributed by atoms with van der Waals surface area (Å²) in [4.78, 5) is 0. The predicted molar refractivity (Wildman–Crippen MR) is 75.7 cm³/mol. The number of nitrogens with two attached hydrogens (primary N) is 1.